The Morgan fingerprint density at radius 2 is 2.20 bits per heavy atom. The number of hydrogen-bond acceptors (Lipinski definition) is 3. The van der Waals surface area contributed by atoms with E-state index in [1.807, 2.05) is 4.90 Å². The van der Waals surface area contributed by atoms with Gasteiger partial charge in [0.05, 0.1) is 18.7 Å². The molecule has 2 unspecified atom stereocenters. The maximum Gasteiger partial charge on any atom is 0.240 e. The van der Waals surface area contributed by atoms with E-state index in [0.29, 0.717) is 0 Å². The Hall–Kier alpha value is -0.610. The lowest BCUT2D eigenvalue weighted by molar-refractivity contribution is -0.137. The lowest BCUT2D eigenvalue weighted by Crippen LogP contribution is -2.51. The highest BCUT2D eigenvalue weighted by Crippen LogP contribution is 2.19. The van der Waals surface area contributed by atoms with Crippen molar-refractivity contribution in [1.82, 2.24) is 10.2 Å². The molecule has 0 bridgehead atoms. The summed E-state index contributed by atoms with van der Waals surface area (Å²) < 4.78 is 0. The number of likely N-dealkylation sites (tertiary alicyclic amines) is 1. The average molecular weight is 212 g/mol. The SMILES string of the molecule is O=C(C1CCCN1)N1CCCCC1CO. The Morgan fingerprint density at radius 1 is 1.33 bits per heavy atom. The van der Waals surface area contributed by atoms with Gasteiger partial charge in [0.1, 0.15) is 0 Å². The van der Waals surface area contributed by atoms with E-state index in [9.17, 15) is 9.90 Å². The molecule has 0 radical (unpaired) electrons. The minimum Gasteiger partial charge on any atom is -0.394 e. The zero-order valence-electron chi connectivity index (χ0n) is 9.11. The Bertz CT molecular complexity index is 227. The predicted octanol–water partition coefficient (Wildman–Crippen LogP) is 0.112. The van der Waals surface area contributed by atoms with Crippen molar-refractivity contribution < 1.29 is 9.90 Å². The number of carbonyl (C=O) groups excluding carboxylic acids is 1. The van der Waals surface area contributed by atoms with Gasteiger partial charge < -0.3 is 15.3 Å². The Kier molecular flexibility index (Phi) is 3.59. The Balaban J connectivity index is 1.96. The van der Waals surface area contributed by atoms with Gasteiger partial charge in [-0.25, -0.2) is 0 Å². The third kappa shape index (κ3) is 2.32. The van der Waals surface area contributed by atoms with E-state index in [1.165, 1.54) is 0 Å². The Morgan fingerprint density at radius 3 is 2.87 bits per heavy atom. The van der Waals surface area contributed by atoms with Gasteiger partial charge in [-0.3, -0.25) is 4.79 Å². The third-order valence-electron chi connectivity index (χ3n) is 3.48. The summed E-state index contributed by atoms with van der Waals surface area (Å²) in [5.41, 5.74) is 0. The van der Waals surface area contributed by atoms with E-state index in [1.54, 1.807) is 0 Å². The number of aliphatic hydroxyl groups is 1. The highest BCUT2D eigenvalue weighted by atomic mass is 16.3. The number of amides is 1. The van der Waals surface area contributed by atoms with Crippen LogP contribution >= 0.6 is 0 Å². The molecule has 0 aromatic heterocycles. The fourth-order valence-electron chi connectivity index (χ4n) is 2.58. The van der Waals surface area contributed by atoms with Gasteiger partial charge in [-0.05, 0) is 38.6 Å². The van der Waals surface area contributed by atoms with E-state index in [2.05, 4.69) is 5.32 Å². The van der Waals surface area contributed by atoms with Crippen LogP contribution in [0.4, 0.5) is 0 Å². The Labute approximate surface area is 90.6 Å². The summed E-state index contributed by atoms with van der Waals surface area (Å²) in [6, 6.07) is 0.0748. The van der Waals surface area contributed by atoms with E-state index in [0.717, 1.165) is 45.2 Å². The first-order valence-corrected chi connectivity index (χ1v) is 5.97. The van der Waals surface area contributed by atoms with E-state index >= 15 is 0 Å². The topological polar surface area (TPSA) is 52.6 Å². The summed E-state index contributed by atoms with van der Waals surface area (Å²) in [5.74, 6) is 0.200. The molecule has 0 saturated carbocycles. The molecule has 2 atom stereocenters. The molecular formula is C11H20N2O2. The lowest BCUT2D eigenvalue weighted by Gasteiger charge is -2.36. The van der Waals surface area contributed by atoms with Crippen LogP contribution in [0.1, 0.15) is 32.1 Å². The molecule has 2 aliphatic heterocycles. The van der Waals surface area contributed by atoms with Crippen molar-refractivity contribution in [3.63, 3.8) is 0 Å². The molecule has 4 nitrogen and oxygen atoms in total. The van der Waals surface area contributed by atoms with E-state index in [-0.39, 0.29) is 24.6 Å². The first kappa shape index (κ1) is 10.9. The summed E-state index contributed by atoms with van der Waals surface area (Å²) in [5, 5.41) is 12.5. The smallest absolute Gasteiger partial charge is 0.240 e. The van der Waals surface area contributed by atoms with Crippen LogP contribution in [-0.2, 0) is 4.79 Å². The molecule has 2 fully saturated rings. The quantitative estimate of drug-likeness (QED) is 0.683. The van der Waals surface area contributed by atoms with Crippen LogP contribution in [0.3, 0.4) is 0 Å². The second-order valence-corrected chi connectivity index (χ2v) is 4.51. The maximum atomic E-state index is 12.1. The number of hydrogen-bond donors (Lipinski definition) is 2. The van der Waals surface area contributed by atoms with Crippen molar-refractivity contribution >= 4 is 5.91 Å². The highest BCUT2D eigenvalue weighted by Gasteiger charge is 2.32. The molecule has 4 heteroatoms. The standard InChI is InChI=1S/C11H20N2O2/c14-8-9-4-1-2-7-13(9)11(15)10-5-3-6-12-10/h9-10,12,14H,1-8H2. The van der Waals surface area contributed by atoms with E-state index in [4.69, 9.17) is 0 Å². The fraction of sp³-hybridized carbons (Fsp3) is 0.909. The molecule has 0 aromatic carbocycles. The number of aliphatic hydroxyl groups excluding tert-OH is 1. The van der Waals surface area contributed by atoms with Gasteiger partial charge in [0.2, 0.25) is 5.91 Å². The summed E-state index contributed by atoms with van der Waals surface area (Å²) in [6.45, 7) is 1.88. The normalized spacial score (nSPS) is 31.9. The molecule has 2 rings (SSSR count). The summed E-state index contributed by atoms with van der Waals surface area (Å²) in [4.78, 5) is 14.0. The monoisotopic (exact) mass is 212 g/mol. The summed E-state index contributed by atoms with van der Waals surface area (Å²) in [7, 11) is 0. The van der Waals surface area contributed by atoms with Crippen molar-refractivity contribution in [3.05, 3.63) is 0 Å². The van der Waals surface area contributed by atoms with Gasteiger partial charge in [0.25, 0.3) is 0 Å². The zero-order chi connectivity index (χ0) is 10.7. The minimum atomic E-state index is 0.0112. The number of rotatable bonds is 2. The number of nitrogens with zero attached hydrogens (tertiary/aromatic N) is 1. The number of piperidine rings is 1. The lowest BCUT2D eigenvalue weighted by atomic mass is 10.0. The van der Waals surface area contributed by atoms with Crippen LogP contribution in [-0.4, -0.2) is 47.7 Å². The molecule has 1 amide bonds. The van der Waals surface area contributed by atoms with Crippen LogP contribution in [0, 0.1) is 0 Å². The molecule has 86 valence electrons. The molecule has 15 heavy (non-hydrogen) atoms. The second-order valence-electron chi connectivity index (χ2n) is 4.51. The van der Waals surface area contributed by atoms with Crippen molar-refractivity contribution in [2.45, 2.75) is 44.2 Å². The molecule has 2 N–H and O–H groups in total. The summed E-state index contributed by atoms with van der Waals surface area (Å²) in [6.07, 6.45) is 5.21. The third-order valence-corrected chi connectivity index (χ3v) is 3.48. The molecule has 2 heterocycles. The van der Waals surface area contributed by atoms with Gasteiger partial charge >= 0.3 is 0 Å². The first-order valence-electron chi connectivity index (χ1n) is 5.97. The second kappa shape index (κ2) is 4.94. The van der Waals surface area contributed by atoms with Crippen LogP contribution < -0.4 is 5.32 Å². The van der Waals surface area contributed by atoms with Crippen LogP contribution in [0.2, 0.25) is 0 Å². The van der Waals surface area contributed by atoms with E-state index < -0.39 is 0 Å². The molecular weight excluding hydrogens is 192 g/mol. The first-order chi connectivity index (χ1) is 7.33. The highest BCUT2D eigenvalue weighted by molar-refractivity contribution is 5.82. The van der Waals surface area contributed by atoms with Crippen LogP contribution in [0.5, 0.6) is 0 Å². The largest absolute Gasteiger partial charge is 0.394 e. The molecule has 0 aromatic rings. The van der Waals surface area contributed by atoms with Gasteiger partial charge in [-0.1, -0.05) is 0 Å². The van der Waals surface area contributed by atoms with Crippen molar-refractivity contribution in [1.29, 1.82) is 0 Å². The molecule has 0 spiro atoms. The number of nitrogens with one attached hydrogen (secondary N) is 1. The minimum absolute atomic E-state index is 0.0112. The van der Waals surface area contributed by atoms with Gasteiger partial charge in [0, 0.05) is 6.54 Å². The average Bonchev–Trinajstić information content (AvgIpc) is 2.81. The fourth-order valence-corrected chi connectivity index (χ4v) is 2.58. The zero-order valence-corrected chi connectivity index (χ0v) is 9.11. The molecule has 2 saturated heterocycles. The van der Waals surface area contributed by atoms with Crippen molar-refractivity contribution in [3.8, 4) is 0 Å². The summed E-state index contributed by atoms with van der Waals surface area (Å²) >= 11 is 0. The van der Waals surface area contributed by atoms with Crippen molar-refractivity contribution in [2.24, 2.45) is 0 Å². The predicted molar refractivity (Wildman–Crippen MR) is 57.5 cm³/mol. The molecule has 2 aliphatic rings. The van der Waals surface area contributed by atoms with Gasteiger partial charge in [0.15, 0.2) is 0 Å². The molecule has 0 aliphatic carbocycles. The van der Waals surface area contributed by atoms with Gasteiger partial charge in [-0.2, -0.15) is 0 Å². The maximum absolute atomic E-state index is 12.1. The van der Waals surface area contributed by atoms with Gasteiger partial charge in [-0.15, -0.1) is 0 Å². The number of carbonyl (C=O) groups is 1. The van der Waals surface area contributed by atoms with Crippen molar-refractivity contribution in [2.75, 3.05) is 19.7 Å². The van der Waals surface area contributed by atoms with Crippen LogP contribution in [0.15, 0.2) is 0 Å². The van der Waals surface area contributed by atoms with Crippen LogP contribution in [0.25, 0.3) is 0 Å².